The van der Waals surface area contributed by atoms with Crippen molar-refractivity contribution < 1.29 is 13.6 Å². The van der Waals surface area contributed by atoms with E-state index in [-0.39, 0.29) is 17.8 Å². The highest BCUT2D eigenvalue weighted by molar-refractivity contribution is 6.63. The van der Waals surface area contributed by atoms with Crippen LogP contribution in [0.1, 0.15) is 11.4 Å². The minimum atomic E-state index is -0.760. The molecule has 2 aromatic rings. The first kappa shape index (κ1) is 14.3. The highest BCUT2D eigenvalue weighted by atomic mass is 35.5. The van der Waals surface area contributed by atoms with Crippen LogP contribution >= 0.6 is 11.6 Å². The van der Waals surface area contributed by atoms with Crippen LogP contribution in [-0.4, -0.2) is 15.0 Å². The molecule has 0 fully saturated rings. The van der Waals surface area contributed by atoms with Crippen LogP contribution in [0.2, 0.25) is 0 Å². The Kier molecular flexibility index (Phi) is 3.94. The largest absolute Gasteiger partial charge is 0.288 e. The highest BCUT2D eigenvalue weighted by Gasteiger charge is 2.13. The molecule has 1 aromatic carbocycles. The van der Waals surface area contributed by atoms with Crippen LogP contribution in [-0.2, 0) is 11.2 Å². The molecule has 0 unspecified atom stereocenters. The van der Waals surface area contributed by atoms with Gasteiger partial charge in [0, 0.05) is 17.8 Å². The Morgan fingerprint density at radius 3 is 2.70 bits per heavy atom. The lowest BCUT2D eigenvalue weighted by molar-refractivity contribution is -0.111. The third-order valence-corrected chi connectivity index (χ3v) is 2.76. The van der Waals surface area contributed by atoms with Gasteiger partial charge in [-0.25, -0.2) is 13.5 Å². The first-order chi connectivity index (χ1) is 9.38. The maximum absolute atomic E-state index is 13.7. The quantitative estimate of drug-likeness (QED) is 0.816. The first-order valence-electron chi connectivity index (χ1n) is 5.62. The van der Waals surface area contributed by atoms with Crippen LogP contribution in [0.5, 0.6) is 0 Å². The lowest BCUT2D eigenvalue weighted by Gasteiger charge is -2.11. The molecule has 0 saturated heterocycles. The number of nitrogens with zero attached hydrogens (tertiary/aromatic N) is 2. The van der Waals surface area contributed by atoms with E-state index in [4.69, 9.17) is 11.6 Å². The molecule has 2 rings (SSSR count). The summed E-state index contributed by atoms with van der Waals surface area (Å²) in [6.07, 6.45) is -0.377. The van der Waals surface area contributed by atoms with Crippen LogP contribution in [0.15, 0.2) is 29.1 Å². The van der Waals surface area contributed by atoms with Crippen molar-refractivity contribution in [1.29, 1.82) is 0 Å². The molecule has 0 aliphatic rings. The van der Waals surface area contributed by atoms with Crippen LogP contribution in [0.4, 0.5) is 8.78 Å². The Morgan fingerprint density at radius 2 is 2.05 bits per heavy atom. The van der Waals surface area contributed by atoms with Crippen molar-refractivity contribution in [3.8, 4) is 5.69 Å². The summed E-state index contributed by atoms with van der Waals surface area (Å²) in [6.45, 7) is 1.52. The van der Waals surface area contributed by atoms with E-state index in [0.717, 1.165) is 22.9 Å². The molecule has 0 radical (unpaired) electrons. The summed E-state index contributed by atoms with van der Waals surface area (Å²) in [5, 5.41) is 3.12. The lowest BCUT2D eigenvalue weighted by Crippen LogP contribution is -2.20. The van der Waals surface area contributed by atoms with E-state index in [1.165, 1.54) is 13.0 Å². The Hall–Kier alpha value is -2.08. The molecule has 0 aliphatic carbocycles. The Bertz CT molecular complexity index is 744. The molecule has 0 N–H and O–H groups in total. The van der Waals surface area contributed by atoms with Gasteiger partial charge in [0.05, 0.1) is 6.42 Å². The number of carbonyl (C=O) groups excluding carboxylic acids is 1. The number of halogens is 3. The normalized spacial score (nSPS) is 10.6. The van der Waals surface area contributed by atoms with Gasteiger partial charge in [-0.3, -0.25) is 9.59 Å². The first-order valence-corrected chi connectivity index (χ1v) is 6.00. The number of hydrogen-bond donors (Lipinski definition) is 0. The van der Waals surface area contributed by atoms with Crippen LogP contribution in [0, 0.1) is 18.6 Å². The molecule has 0 atom stereocenters. The Balaban J connectivity index is 2.64. The summed E-state index contributed by atoms with van der Waals surface area (Å²) in [5.41, 5.74) is -0.445. The van der Waals surface area contributed by atoms with E-state index in [2.05, 4.69) is 5.10 Å². The molecule has 104 valence electrons. The SMILES string of the molecule is Cc1cc(=O)c(CC(=O)Cl)nn1-c1cc(F)ccc1F. The minimum absolute atomic E-state index is 0.126. The summed E-state index contributed by atoms with van der Waals surface area (Å²) in [7, 11) is 0. The predicted molar refractivity (Wildman–Crippen MR) is 69.1 cm³/mol. The zero-order valence-corrected chi connectivity index (χ0v) is 11.1. The monoisotopic (exact) mass is 298 g/mol. The molecule has 0 aliphatic heterocycles. The van der Waals surface area contributed by atoms with E-state index >= 15 is 0 Å². The smallest absolute Gasteiger partial charge is 0.227 e. The topological polar surface area (TPSA) is 52.0 Å². The van der Waals surface area contributed by atoms with Gasteiger partial charge >= 0.3 is 0 Å². The molecule has 0 saturated carbocycles. The van der Waals surface area contributed by atoms with Gasteiger partial charge in [0.15, 0.2) is 0 Å². The molecular formula is C13H9ClF2N2O2. The summed E-state index contributed by atoms with van der Waals surface area (Å²) in [5.74, 6) is -1.34. The zero-order chi connectivity index (χ0) is 14.9. The van der Waals surface area contributed by atoms with Gasteiger partial charge in [0.1, 0.15) is 23.0 Å². The molecule has 4 nitrogen and oxygen atoms in total. The number of aromatic nitrogens is 2. The number of carbonyl (C=O) groups is 1. The van der Waals surface area contributed by atoms with E-state index in [9.17, 15) is 18.4 Å². The number of benzene rings is 1. The Labute approximate surface area is 117 Å². The minimum Gasteiger partial charge on any atom is -0.288 e. The van der Waals surface area contributed by atoms with Crippen LogP contribution in [0.25, 0.3) is 5.69 Å². The maximum atomic E-state index is 13.7. The fourth-order valence-corrected chi connectivity index (χ4v) is 1.86. The molecule has 0 amide bonds. The van der Waals surface area contributed by atoms with E-state index < -0.39 is 22.3 Å². The molecular weight excluding hydrogens is 290 g/mol. The van der Waals surface area contributed by atoms with Crippen molar-refractivity contribution in [3.63, 3.8) is 0 Å². The second-order valence-corrected chi connectivity index (χ2v) is 4.56. The number of hydrogen-bond acceptors (Lipinski definition) is 3. The van der Waals surface area contributed by atoms with Gasteiger partial charge in [0.2, 0.25) is 10.7 Å². The molecule has 20 heavy (non-hydrogen) atoms. The average molecular weight is 299 g/mol. The van der Waals surface area contributed by atoms with Gasteiger partial charge in [-0.15, -0.1) is 0 Å². The van der Waals surface area contributed by atoms with Gasteiger partial charge in [-0.05, 0) is 30.7 Å². The van der Waals surface area contributed by atoms with Gasteiger partial charge < -0.3 is 0 Å². The number of aryl methyl sites for hydroxylation is 1. The van der Waals surface area contributed by atoms with Crippen molar-refractivity contribution in [2.45, 2.75) is 13.3 Å². The molecule has 7 heteroatoms. The second-order valence-electron chi connectivity index (χ2n) is 4.14. The van der Waals surface area contributed by atoms with E-state index in [1.54, 1.807) is 0 Å². The summed E-state index contributed by atoms with van der Waals surface area (Å²) < 4.78 is 28.0. The van der Waals surface area contributed by atoms with Gasteiger partial charge in [-0.1, -0.05) is 0 Å². The predicted octanol–water partition coefficient (Wildman–Crippen LogP) is 2.13. The Morgan fingerprint density at radius 1 is 1.35 bits per heavy atom. The molecule has 0 bridgehead atoms. The highest BCUT2D eigenvalue weighted by Crippen LogP contribution is 2.15. The van der Waals surface area contributed by atoms with Crippen LogP contribution in [0.3, 0.4) is 0 Å². The maximum Gasteiger partial charge on any atom is 0.227 e. The van der Waals surface area contributed by atoms with Crippen molar-refractivity contribution in [3.05, 3.63) is 57.5 Å². The molecule has 0 spiro atoms. The zero-order valence-electron chi connectivity index (χ0n) is 10.4. The van der Waals surface area contributed by atoms with E-state index in [1.807, 2.05) is 0 Å². The van der Waals surface area contributed by atoms with Crippen molar-refractivity contribution in [2.75, 3.05) is 0 Å². The fourth-order valence-electron chi connectivity index (χ4n) is 1.73. The summed E-state index contributed by atoms with van der Waals surface area (Å²) in [4.78, 5) is 22.5. The van der Waals surface area contributed by atoms with Gasteiger partial charge in [-0.2, -0.15) is 5.10 Å². The average Bonchev–Trinajstić information content (AvgIpc) is 2.35. The lowest BCUT2D eigenvalue weighted by atomic mass is 10.2. The van der Waals surface area contributed by atoms with Crippen molar-refractivity contribution >= 4 is 16.8 Å². The summed E-state index contributed by atoms with van der Waals surface area (Å²) in [6, 6.07) is 4.06. The molecule has 1 aromatic heterocycles. The van der Waals surface area contributed by atoms with E-state index in [0.29, 0.717) is 5.69 Å². The fraction of sp³-hybridized carbons (Fsp3) is 0.154. The van der Waals surface area contributed by atoms with Gasteiger partial charge in [0.25, 0.3) is 0 Å². The van der Waals surface area contributed by atoms with Crippen LogP contribution < -0.4 is 5.43 Å². The summed E-state index contributed by atoms with van der Waals surface area (Å²) >= 11 is 5.22. The third kappa shape index (κ3) is 2.91. The van der Waals surface area contributed by atoms with Crippen molar-refractivity contribution in [1.82, 2.24) is 9.78 Å². The standard InChI is InChI=1S/C13H9ClF2N2O2/c1-7-4-12(19)10(6-13(14)20)17-18(7)11-5-8(15)2-3-9(11)16/h2-5H,6H2,1H3. The third-order valence-electron chi connectivity index (χ3n) is 2.62. The number of rotatable bonds is 3. The van der Waals surface area contributed by atoms with Crippen molar-refractivity contribution in [2.24, 2.45) is 0 Å². The second kappa shape index (κ2) is 5.50. The molecule has 1 heterocycles.